The van der Waals surface area contributed by atoms with Crippen LogP contribution in [0.3, 0.4) is 0 Å². The van der Waals surface area contributed by atoms with E-state index in [2.05, 4.69) is 37.2 Å². The maximum atomic E-state index is 10.7. The Bertz CT molecular complexity index is 586. The van der Waals surface area contributed by atoms with E-state index in [9.17, 15) is 10.1 Å². The van der Waals surface area contributed by atoms with Gasteiger partial charge in [0.15, 0.2) is 0 Å². The Hall–Kier alpha value is -0.920. The summed E-state index contributed by atoms with van der Waals surface area (Å²) in [6.07, 6.45) is 0. The minimum absolute atomic E-state index is 0.0761. The highest BCUT2D eigenvalue weighted by Crippen LogP contribution is 2.28. The molecular weight excluding hydrogens is 384 g/mol. The Morgan fingerprint density at radius 2 is 2.11 bits per heavy atom. The Morgan fingerprint density at radius 1 is 1.33 bits per heavy atom. The Balaban J connectivity index is 2.13. The zero-order valence-electron chi connectivity index (χ0n) is 9.02. The van der Waals surface area contributed by atoms with E-state index in [4.69, 9.17) is 0 Å². The number of non-ortho nitro benzene ring substituents is 1. The molecule has 0 unspecified atom stereocenters. The van der Waals surface area contributed by atoms with Crippen molar-refractivity contribution in [1.82, 2.24) is 0 Å². The molecule has 0 saturated heterocycles. The molecule has 0 aliphatic carbocycles. The number of hydrogen-bond donors (Lipinski definition) is 1. The van der Waals surface area contributed by atoms with E-state index >= 15 is 0 Å². The zero-order valence-corrected chi connectivity index (χ0v) is 13.0. The summed E-state index contributed by atoms with van der Waals surface area (Å²) < 4.78 is 1.87. The van der Waals surface area contributed by atoms with Gasteiger partial charge in [0.2, 0.25) is 0 Å². The highest BCUT2D eigenvalue weighted by molar-refractivity contribution is 9.11. The molecule has 0 saturated carbocycles. The molecular formula is C11H8Br2N2O2S. The number of nitrogens with zero attached hydrogens (tertiary/aromatic N) is 1. The van der Waals surface area contributed by atoms with Crippen molar-refractivity contribution < 1.29 is 4.92 Å². The quantitative estimate of drug-likeness (QED) is 0.601. The molecule has 1 aromatic carbocycles. The summed E-state index contributed by atoms with van der Waals surface area (Å²) in [6.45, 7) is 0.627. The van der Waals surface area contributed by atoms with Crippen molar-refractivity contribution in [2.24, 2.45) is 0 Å². The topological polar surface area (TPSA) is 55.2 Å². The van der Waals surface area contributed by atoms with E-state index in [1.54, 1.807) is 17.4 Å². The molecule has 0 aliphatic rings. The van der Waals surface area contributed by atoms with Gasteiger partial charge in [0.25, 0.3) is 5.69 Å². The van der Waals surface area contributed by atoms with Crippen LogP contribution in [-0.2, 0) is 6.54 Å². The van der Waals surface area contributed by atoms with Crippen LogP contribution in [0.25, 0.3) is 0 Å². The average Bonchev–Trinajstić information content (AvgIpc) is 2.74. The third-order valence-electron chi connectivity index (χ3n) is 2.27. The summed E-state index contributed by atoms with van der Waals surface area (Å²) in [4.78, 5) is 10.3. The van der Waals surface area contributed by atoms with Crippen LogP contribution in [0.2, 0.25) is 0 Å². The van der Waals surface area contributed by atoms with Crippen LogP contribution in [0.5, 0.6) is 0 Å². The standard InChI is InChI=1S/C11H8Br2N2O2S/c12-9-2-1-8(15(16)17)4-10(9)14-5-7-3-11(13)18-6-7/h1-4,6,14H,5H2. The molecule has 0 fully saturated rings. The second kappa shape index (κ2) is 5.81. The molecule has 2 aromatic rings. The van der Waals surface area contributed by atoms with Gasteiger partial charge in [-0.15, -0.1) is 11.3 Å². The number of hydrogen-bond acceptors (Lipinski definition) is 4. The van der Waals surface area contributed by atoms with Gasteiger partial charge in [0.1, 0.15) is 0 Å². The number of thiophene rings is 1. The van der Waals surface area contributed by atoms with Gasteiger partial charge in [-0.05, 0) is 54.9 Å². The van der Waals surface area contributed by atoms with Crippen LogP contribution < -0.4 is 5.32 Å². The maximum Gasteiger partial charge on any atom is 0.271 e. The number of benzene rings is 1. The van der Waals surface area contributed by atoms with Gasteiger partial charge < -0.3 is 5.32 Å². The summed E-state index contributed by atoms with van der Waals surface area (Å²) in [5.41, 5.74) is 1.92. The van der Waals surface area contributed by atoms with Gasteiger partial charge in [-0.3, -0.25) is 10.1 Å². The number of halogens is 2. The predicted molar refractivity (Wildman–Crippen MR) is 80.1 cm³/mol. The number of nitrogens with one attached hydrogen (secondary N) is 1. The van der Waals surface area contributed by atoms with Crippen LogP contribution in [0, 0.1) is 10.1 Å². The summed E-state index contributed by atoms with van der Waals surface area (Å²) in [7, 11) is 0. The SMILES string of the molecule is O=[N+]([O-])c1ccc(Br)c(NCc2csc(Br)c2)c1. The van der Waals surface area contributed by atoms with Gasteiger partial charge in [-0.2, -0.15) is 0 Å². The van der Waals surface area contributed by atoms with E-state index in [0.29, 0.717) is 12.2 Å². The van der Waals surface area contributed by atoms with Crippen molar-refractivity contribution in [2.45, 2.75) is 6.54 Å². The van der Waals surface area contributed by atoms with Gasteiger partial charge in [0, 0.05) is 23.2 Å². The molecule has 0 aliphatic heterocycles. The number of rotatable bonds is 4. The fourth-order valence-corrected chi connectivity index (χ4v) is 2.99. The molecule has 2 rings (SSSR count). The van der Waals surface area contributed by atoms with E-state index in [1.165, 1.54) is 12.1 Å². The summed E-state index contributed by atoms with van der Waals surface area (Å²) in [5, 5.41) is 15.9. The van der Waals surface area contributed by atoms with Crippen molar-refractivity contribution in [3.8, 4) is 0 Å². The molecule has 94 valence electrons. The van der Waals surface area contributed by atoms with Crippen LogP contribution in [0.15, 0.2) is 37.9 Å². The second-order valence-corrected chi connectivity index (χ2v) is 6.68. The fourth-order valence-electron chi connectivity index (χ4n) is 1.40. The molecule has 1 N–H and O–H groups in total. The third-order valence-corrected chi connectivity index (χ3v) is 4.51. The van der Waals surface area contributed by atoms with Crippen LogP contribution >= 0.6 is 43.2 Å². The fraction of sp³-hybridized carbons (Fsp3) is 0.0909. The smallest absolute Gasteiger partial charge is 0.271 e. The van der Waals surface area contributed by atoms with Gasteiger partial charge in [-0.25, -0.2) is 0 Å². The third kappa shape index (κ3) is 3.30. The molecule has 0 radical (unpaired) electrons. The minimum atomic E-state index is -0.404. The maximum absolute atomic E-state index is 10.7. The highest BCUT2D eigenvalue weighted by Gasteiger charge is 2.09. The molecule has 0 spiro atoms. The molecule has 0 bridgehead atoms. The molecule has 18 heavy (non-hydrogen) atoms. The second-order valence-electron chi connectivity index (χ2n) is 3.53. The first-order chi connectivity index (χ1) is 8.56. The lowest BCUT2D eigenvalue weighted by Gasteiger charge is -2.07. The van der Waals surface area contributed by atoms with E-state index in [1.807, 2.05) is 11.4 Å². The van der Waals surface area contributed by atoms with Crippen LogP contribution in [0.4, 0.5) is 11.4 Å². The van der Waals surface area contributed by atoms with Crippen molar-refractivity contribution in [3.05, 3.63) is 53.6 Å². The van der Waals surface area contributed by atoms with Crippen molar-refractivity contribution in [2.75, 3.05) is 5.32 Å². The molecule has 4 nitrogen and oxygen atoms in total. The number of nitro groups is 1. The first kappa shape index (κ1) is 13.5. The summed E-state index contributed by atoms with van der Waals surface area (Å²) >= 11 is 8.37. The lowest BCUT2D eigenvalue weighted by atomic mass is 10.2. The Morgan fingerprint density at radius 3 is 2.72 bits per heavy atom. The first-order valence-corrected chi connectivity index (χ1v) is 7.43. The minimum Gasteiger partial charge on any atom is -0.380 e. The van der Waals surface area contributed by atoms with Crippen molar-refractivity contribution in [3.63, 3.8) is 0 Å². The van der Waals surface area contributed by atoms with Crippen molar-refractivity contribution in [1.29, 1.82) is 0 Å². The highest BCUT2D eigenvalue weighted by atomic mass is 79.9. The lowest BCUT2D eigenvalue weighted by Crippen LogP contribution is -1.99. The Kier molecular flexibility index (Phi) is 4.36. The molecule has 1 heterocycles. The first-order valence-electron chi connectivity index (χ1n) is 4.97. The largest absolute Gasteiger partial charge is 0.380 e. The summed E-state index contributed by atoms with van der Waals surface area (Å²) in [5.74, 6) is 0. The van der Waals surface area contributed by atoms with E-state index in [0.717, 1.165) is 13.8 Å². The van der Waals surface area contributed by atoms with E-state index < -0.39 is 4.92 Å². The summed E-state index contributed by atoms with van der Waals surface area (Å²) in [6, 6.07) is 6.68. The van der Waals surface area contributed by atoms with Gasteiger partial charge >= 0.3 is 0 Å². The zero-order chi connectivity index (χ0) is 13.1. The molecule has 1 aromatic heterocycles. The van der Waals surface area contributed by atoms with Gasteiger partial charge in [0.05, 0.1) is 14.4 Å². The van der Waals surface area contributed by atoms with E-state index in [-0.39, 0.29) is 5.69 Å². The van der Waals surface area contributed by atoms with Gasteiger partial charge in [-0.1, -0.05) is 0 Å². The van der Waals surface area contributed by atoms with Crippen molar-refractivity contribution >= 4 is 54.6 Å². The predicted octanol–water partition coefficient (Wildman–Crippen LogP) is 4.79. The molecule has 7 heteroatoms. The van der Waals surface area contributed by atoms with Crippen LogP contribution in [0.1, 0.15) is 5.56 Å². The van der Waals surface area contributed by atoms with Crippen LogP contribution in [-0.4, -0.2) is 4.92 Å². The number of nitro benzene ring substituents is 1. The lowest BCUT2D eigenvalue weighted by molar-refractivity contribution is -0.384. The average molecular weight is 392 g/mol. The molecule has 0 atom stereocenters. The normalized spacial score (nSPS) is 10.3. The number of anilines is 1. The Labute approximate surface area is 124 Å². The molecule has 0 amide bonds. The monoisotopic (exact) mass is 390 g/mol.